The minimum atomic E-state index is -0.906. The molecule has 2 aromatic rings. The highest BCUT2D eigenvalue weighted by molar-refractivity contribution is 5.30. The molecule has 228 valence electrons. The predicted octanol–water partition coefficient (Wildman–Crippen LogP) is 10.8. The Balaban J connectivity index is 0.000000271. The summed E-state index contributed by atoms with van der Waals surface area (Å²) in [4.78, 5) is 0. The van der Waals surface area contributed by atoms with Gasteiger partial charge in [0.05, 0.1) is 12.7 Å². The summed E-state index contributed by atoms with van der Waals surface area (Å²) in [5.41, 5.74) is 3.49. The van der Waals surface area contributed by atoms with Gasteiger partial charge in [-0.25, -0.2) is 4.39 Å². The van der Waals surface area contributed by atoms with Crippen LogP contribution in [0.2, 0.25) is 0 Å². The lowest BCUT2D eigenvalue weighted by atomic mass is 9.63. The van der Waals surface area contributed by atoms with Crippen LogP contribution in [0.15, 0.2) is 36.4 Å². The van der Waals surface area contributed by atoms with Crippen molar-refractivity contribution in [3.05, 3.63) is 64.7 Å². The first kappa shape index (κ1) is 32.0. The average Bonchev–Trinajstić information content (AvgIpc) is 2.98. The summed E-state index contributed by atoms with van der Waals surface area (Å²) >= 11 is 0. The normalized spacial score (nSPS) is 28.0. The van der Waals surface area contributed by atoms with E-state index in [1.54, 1.807) is 18.1 Å². The molecule has 0 spiro atoms. The topological polar surface area (TPSA) is 18.5 Å². The largest absolute Gasteiger partial charge is 0.491 e. The van der Waals surface area contributed by atoms with Gasteiger partial charge in [0.25, 0.3) is 0 Å². The van der Waals surface area contributed by atoms with Crippen molar-refractivity contribution in [3.63, 3.8) is 0 Å². The van der Waals surface area contributed by atoms with Gasteiger partial charge in [-0.1, -0.05) is 50.6 Å². The molecule has 3 fully saturated rings. The van der Waals surface area contributed by atoms with Crippen molar-refractivity contribution >= 4 is 0 Å². The molecule has 0 radical (unpaired) electrons. The molecule has 0 aliphatic heterocycles. The first-order valence-corrected chi connectivity index (χ1v) is 16.6. The summed E-state index contributed by atoms with van der Waals surface area (Å²) in [7, 11) is 0. The van der Waals surface area contributed by atoms with Gasteiger partial charge in [-0.2, -0.15) is 4.39 Å². The Bertz CT molecular complexity index is 1060. The molecule has 5 rings (SSSR count). The highest BCUT2D eigenvalue weighted by atomic mass is 19.2. The Labute approximate surface area is 248 Å². The summed E-state index contributed by atoms with van der Waals surface area (Å²) in [5.74, 6) is 3.74. The quantitative estimate of drug-likeness (QED) is 0.315. The molecule has 0 amide bonds. The van der Waals surface area contributed by atoms with Crippen molar-refractivity contribution < 1.29 is 18.3 Å². The van der Waals surface area contributed by atoms with Crippen LogP contribution in [-0.4, -0.2) is 19.3 Å². The van der Waals surface area contributed by atoms with Gasteiger partial charge in [-0.05, 0) is 143 Å². The van der Waals surface area contributed by atoms with Gasteiger partial charge >= 0.3 is 0 Å². The number of hydrogen-bond acceptors (Lipinski definition) is 2. The zero-order valence-electron chi connectivity index (χ0n) is 26.3. The van der Waals surface area contributed by atoms with Gasteiger partial charge in [-0.3, -0.25) is 0 Å². The molecule has 3 saturated carbocycles. The Kier molecular flexibility index (Phi) is 12.1. The molecule has 4 atom stereocenters. The van der Waals surface area contributed by atoms with Crippen molar-refractivity contribution in [1.82, 2.24) is 0 Å². The van der Waals surface area contributed by atoms with E-state index in [-0.39, 0.29) is 11.3 Å². The van der Waals surface area contributed by atoms with E-state index in [0.717, 1.165) is 42.1 Å². The maximum absolute atomic E-state index is 12.9. The van der Waals surface area contributed by atoms with Crippen LogP contribution in [-0.2, 0) is 4.74 Å². The zero-order valence-corrected chi connectivity index (χ0v) is 26.3. The second kappa shape index (κ2) is 15.5. The zero-order chi connectivity index (χ0) is 29.4. The Morgan fingerprint density at radius 1 is 0.707 bits per heavy atom. The van der Waals surface area contributed by atoms with Gasteiger partial charge < -0.3 is 9.47 Å². The van der Waals surface area contributed by atoms with Crippen molar-refractivity contribution in [2.24, 2.45) is 23.7 Å². The third-order valence-corrected chi connectivity index (χ3v) is 10.0. The SMILES string of the molecule is CCOC1CCC(c2ccc(C3CCC4CC(CC(C)C)CCC4C3)cc2)CC1.CCOc1ccc(C)c(F)c1F. The highest BCUT2D eigenvalue weighted by Crippen LogP contribution is 2.48. The fourth-order valence-corrected chi connectivity index (χ4v) is 7.90. The first-order valence-electron chi connectivity index (χ1n) is 16.6. The van der Waals surface area contributed by atoms with Crippen molar-refractivity contribution in [2.45, 2.75) is 123 Å². The molecule has 0 N–H and O–H groups in total. The van der Waals surface area contributed by atoms with Crippen LogP contribution in [0.3, 0.4) is 0 Å². The number of fused-ring (bicyclic) bond motifs is 1. The highest BCUT2D eigenvalue weighted by Gasteiger charge is 2.36. The maximum Gasteiger partial charge on any atom is 0.200 e. The summed E-state index contributed by atoms with van der Waals surface area (Å²) in [6.45, 7) is 11.3. The van der Waals surface area contributed by atoms with Crippen molar-refractivity contribution in [2.75, 3.05) is 13.2 Å². The lowest BCUT2D eigenvalue weighted by Crippen LogP contribution is -2.31. The van der Waals surface area contributed by atoms with E-state index in [9.17, 15) is 8.78 Å². The number of rotatable bonds is 8. The van der Waals surface area contributed by atoms with Gasteiger partial charge in [0.2, 0.25) is 5.82 Å². The summed E-state index contributed by atoms with van der Waals surface area (Å²) in [5, 5.41) is 0. The Morgan fingerprint density at radius 2 is 1.32 bits per heavy atom. The average molecular weight is 569 g/mol. The molecule has 2 nitrogen and oxygen atoms in total. The monoisotopic (exact) mass is 568 g/mol. The van der Waals surface area contributed by atoms with Crippen LogP contribution in [0, 0.1) is 42.2 Å². The second-order valence-electron chi connectivity index (χ2n) is 13.4. The fraction of sp³-hybridized carbons (Fsp3) is 0.676. The Hall–Kier alpha value is -1.94. The molecule has 41 heavy (non-hydrogen) atoms. The lowest BCUT2D eigenvalue weighted by molar-refractivity contribution is 0.0328. The number of hydrogen-bond donors (Lipinski definition) is 0. The molecular formula is C37H54F2O2. The van der Waals surface area contributed by atoms with Crippen LogP contribution >= 0.6 is 0 Å². The molecular weight excluding hydrogens is 514 g/mol. The second-order valence-corrected chi connectivity index (χ2v) is 13.4. The summed E-state index contributed by atoms with van der Waals surface area (Å²) in [6.07, 6.45) is 15.9. The van der Waals surface area contributed by atoms with E-state index in [2.05, 4.69) is 45.0 Å². The van der Waals surface area contributed by atoms with E-state index in [4.69, 9.17) is 9.47 Å². The third-order valence-electron chi connectivity index (χ3n) is 10.0. The first-order chi connectivity index (χ1) is 19.8. The number of benzene rings is 2. The van der Waals surface area contributed by atoms with E-state index >= 15 is 0 Å². The maximum atomic E-state index is 12.9. The summed E-state index contributed by atoms with van der Waals surface area (Å²) in [6, 6.07) is 12.8. The molecule has 3 aliphatic rings. The molecule has 4 unspecified atom stereocenters. The minimum absolute atomic E-state index is 0.0272. The van der Waals surface area contributed by atoms with E-state index in [1.807, 2.05) is 0 Å². The molecule has 4 heteroatoms. The molecule has 2 aromatic carbocycles. The number of ether oxygens (including phenoxy) is 2. The van der Waals surface area contributed by atoms with Crippen LogP contribution in [0.5, 0.6) is 5.75 Å². The van der Waals surface area contributed by atoms with Crippen LogP contribution in [0.1, 0.15) is 127 Å². The van der Waals surface area contributed by atoms with E-state index in [0.29, 0.717) is 12.7 Å². The molecule has 0 bridgehead atoms. The number of aryl methyl sites for hydroxylation is 1. The smallest absolute Gasteiger partial charge is 0.200 e. The Morgan fingerprint density at radius 3 is 1.95 bits per heavy atom. The lowest BCUT2D eigenvalue weighted by Gasteiger charge is -2.43. The van der Waals surface area contributed by atoms with Crippen LogP contribution < -0.4 is 4.74 Å². The standard InChI is InChI=1S/C28H44O.C9H10F2O/c1-4-29-28-15-13-23(14-16-28)22-7-9-24(10-8-22)26-12-11-25-18-21(17-20(2)3)5-6-27(25)19-26;1-3-12-7-5-4-6(2)8(10)9(7)11/h7-10,20-21,23,25-28H,4-6,11-19H2,1-3H3;4-5H,3H2,1-2H3. The van der Waals surface area contributed by atoms with Gasteiger partial charge in [0, 0.05) is 6.61 Å². The van der Waals surface area contributed by atoms with Crippen molar-refractivity contribution in [1.29, 1.82) is 0 Å². The van der Waals surface area contributed by atoms with Gasteiger partial charge in [0.15, 0.2) is 11.6 Å². The van der Waals surface area contributed by atoms with Gasteiger partial charge in [0.1, 0.15) is 0 Å². The van der Waals surface area contributed by atoms with E-state index < -0.39 is 11.6 Å². The predicted molar refractivity (Wildman–Crippen MR) is 166 cm³/mol. The molecule has 3 aliphatic carbocycles. The number of halogens is 2. The molecule has 0 heterocycles. The fourth-order valence-electron chi connectivity index (χ4n) is 7.90. The molecule has 0 aromatic heterocycles. The molecule has 0 saturated heterocycles. The van der Waals surface area contributed by atoms with Crippen LogP contribution in [0.25, 0.3) is 0 Å². The van der Waals surface area contributed by atoms with Crippen LogP contribution in [0.4, 0.5) is 8.78 Å². The van der Waals surface area contributed by atoms with Gasteiger partial charge in [-0.15, -0.1) is 0 Å². The van der Waals surface area contributed by atoms with Crippen molar-refractivity contribution in [3.8, 4) is 5.75 Å². The van der Waals surface area contributed by atoms with E-state index in [1.165, 1.54) is 89.7 Å². The minimum Gasteiger partial charge on any atom is -0.491 e. The third kappa shape index (κ3) is 8.78. The summed E-state index contributed by atoms with van der Waals surface area (Å²) < 4.78 is 36.5.